The molecule has 2 aromatic carbocycles. The van der Waals surface area contributed by atoms with Crippen LogP contribution < -0.4 is 11.1 Å². The Morgan fingerprint density at radius 3 is 2.43 bits per heavy atom. The maximum Gasteiger partial charge on any atom is 0.193 e. The Morgan fingerprint density at radius 2 is 1.76 bits per heavy atom. The van der Waals surface area contributed by atoms with Gasteiger partial charge in [-0.05, 0) is 55.3 Å². The summed E-state index contributed by atoms with van der Waals surface area (Å²) in [6.07, 6.45) is 0. The molecule has 0 saturated carbocycles. The van der Waals surface area contributed by atoms with E-state index in [0.717, 1.165) is 35.0 Å². The van der Waals surface area contributed by atoms with Crippen LogP contribution >= 0.6 is 0 Å². The van der Waals surface area contributed by atoms with Crippen molar-refractivity contribution in [2.24, 2.45) is 10.7 Å². The first-order chi connectivity index (χ1) is 9.94. The van der Waals surface area contributed by atoms with E-state index in [4.69, 9.17) is 5.73 Å². The minimum Gasteiger partial charge on any atom is -0.370 e. The molecular weight excluding hydrogens is 272 g/mol. The standard InChI is InChI=1S/C16H17F2N3/c1-10-5-11(2)7-14(6-10)21-16(19)20-9-12-8-13(17)3-4-15(12)18/h3-8H,9H2,1-2H3,(H3,19,20,21). The van der Waals surface area contributed by atoms with E-state index in [1.54, 1.807) is 0 Å². The first kappa shape index (κ1) is 15.0. The molecule has 2 rings (SSSR count). The first-order valence-corrected chi connectivity index (χ1v) is 6.53. The van der Waals surface area contributed by atoms with Gasteiger partial charge < -0.3 is 11.1 Å². The molecule has 110 valence electrons. The SMILES string of the molecule is Cc1cc(C)cc(NC(N)=NCc2cc(F)ccc2F)c1. The fourth-order valence-electron chi connectivity index (χ4n) is 2.07. The molecule has 0 aliphatic carbocycles. The fraction of sp³-hybridized carbons (Fsp3) is 0.188. The second kappa shape index (κ2) is 6.35. The lowest BCUT2D eigenvalue weighted by Gasteiger charge is -2.08. The van der Waals surface area contributed by atoms with Crippen LogP contribution in [0.1, 0.15) is 16.7 Å². The fourth-order valence-corrected chi connectivity index (χ4v) is 2.07. The van der Waals surface area contributed by atoms with Crippen molar-refractivity contribution >= 4 is 11.6 Å². The third kappa shape index (κ3) is 4.27. The van der Waals surface area contributed by atoms with Gasteiger partial charge in [0.15, 0.2) is 5.96 Å². The molecule has 0 heterocycles. The van der Waals surface area contributed by atoms with E-state index < -0.39 is 11.6 Å². The Balaban J connectivity index is 2.09. The molecule has 5 heteroatoms. The lowest BCUT2D eigenvalue weighted by atomic mass is 10.1. The van der Waals surface area contributed by atoms with Crippen LogP contribution in [0.25, 0.3) is 0 Å². The van der Waals surface area contributed by atoms with E-state index in [1.807, 2.05) is 32.0 Å². The van der Waals surface area contributed by atoms with Crippen LogP contribution in [0.5, 0.6) is 0 Å². The molecular formula is C16H17F2N3. The van der Waals surface area contributed by atoms with Gasteiger partial charge in [-0.2, -0.15) is 0 Å². The number of aryl methyl sites for hydroxylation is 2. The molecule has 0 unspecified atom stereocenters. The zero-order chi connectivity index (χ0) is 15.4. The maximum absolute atomic E-state index is 13.5. The third-order valence-electron chi connectivity index (χ3n) is 2.92. The van der Waals surface area contributed by atoms with Gasteiger partial charge in [-0.1, -0.05) is 6.07 Å². The number of nitrogens with one attached hydrogen (secondary N) is 1. The summed E-state index contributed by atoms with van der Waals surface area (Å²) in [4.78, 5) is 4.03. The number of hydrogen-bond acceptors (Lipinski definition) is 1. The van der Waals surface area contributed by atoms with E-state index >= 15 is 0 Å². The second-order valence-corrected chi connectivity index (χ2v) is 4.94. The highest BCUT2D eigenvalue weighted by molar-refractivity contribution is 5.92. The van der Waals surface area contributed by atoms with Crippen LogP contribution in [0.2, 0.25) is 0 Å². The monoisotopic (exact) mass is 289 g/mol. The van der Waals surface area contributed by atoms with Gasteiger partial charge in [-0.15, -0.1) is 0 Å². The molecule has 21 heavy (non-hydrogen) atoms. The topological polar surface area (TPSA) is 50.4 Å². The number of halogens is 2. The lowest BCUT2D eigenvalue weighted by molar-refractivity contribution is 0.586. The van der Waals surface area contributed by atoms with Crippen molar-refractivity contribution in [1.82, 2.24) is 0 Å². The average molecular weight is 289 g/mol. The highest BCUT2D eigenvalue weighted by atomic mass is 19.1. The predicted octanol–water partition coefficient (Wildman–Crippen LogP) is 3.51. The van der Waals surface area contributed by atoms with Crippen molar-refractivity contribution < 1.29 is 8.78 Å². The van der Waals surface area contributed by atoms with E-state index in [-0.39, 0.29) is 18.1 Å². The largest absolute Gasteiger partial charge is 0.370 e. The van der Waals surface area contributed by atoms with Crippen LogP contribution in [0, 0.1) is 25.5 Å². The molecule has 0 aliphatic heterocycles. The molecule has 0 amide bonds. The molecule has 0 atom stereocenters. The molecule has 3 N–H and O–H groups in total. The third-order valence-corrected chi connectivity index (χ3v) is 2.92. The van der Waals surface area contributed by atoms with E-state index in [2.05, 4.69) is 10.3 Å². The maximum atomic E-state index is 13.5. The average Bonchev–Trinajstić information content (AvgIpc) is 2.38. The molecule has 0 bridgehead atoms. The number of benzene rings is 2. The molecule has 0 spiro atoms. The summed E-state index contributed by atoms with van der Waals surface area (Å²) >= 11 is 0. The molecule has 0 aromatic heterocycles. The Bertz CT molecular complexity index is 661. The molecule has 2 aromatic rings. The lowest BCUT2D eigenvalue weighted by Crippen LogP contribution is -2.22. The van der Waals surface area contributed by atoms with E-state index in [1.165, 1.54) is 0 Å². The Labute approximate surface area is 122 Å². The van der Waals surface area contributed by atoms with Crippen LogP contribution in [-0.4, -0.2) is 5.96 Å². The van der Waals surface area contributed by atoms with Gasteiger partial charge in [-0.25, -0.2) is 13.8 Å². The normalized spacial score (nSPS) is 11.5. The predicted molar refractivity (Wildman–Crippen MR) is 81.2 cm³/mol. The zero-order valence-electron chi connectivity index (χ0n) is 12.0. The number of rotatable bonds is 3. The first-order valence-electron chi connectivity index (χ1n) is 6.53. The smallest absolute Gasteiger partial charge is 0.193 e. The molecule has 0 fully saturated rings. The van der Waals surface area contributed by atoms with Gasteiger partial charge in [0.1, 0.15) is 11.6 Å². The molecule has 3 nitrogen and oxygen atoms in total. The van der Waals surface area contributed by atoms with Crippen molar-refractivity contribution in [3.8, 4) is 0 Å². The minimum atomic E-state index is -0.501. The summed E-state index contributed by atoms with van der Waals surface area (Å²) in [6, 6.07) is 9.16. The van der Waals surface area contributed by atoms with Crippen LogP contribution in [-0.2, 0) is 6.54 Å². The van der Waals surface area contributed by atoms with E-state index in [0.29, 0.717) is 0 Å². The number of hydrogen-bond donors (Lipinski definition) is 2. The van der Waals surface area contributed by atoms with Gasteiger partial charge in [0.25, 0.3) is 0 Å². The van der Waals surface area contributed by atoms with Gasteiger partial charge in [-0.3, -0.25) is 0 Å². The second-order valence-electron chi connectivity index (χ2n) is 4.94. The quantitative estimate of drug-likeness (QED) is 0.671. The molecule has 0 radical (unpaired) electrons. The highest BCUT2D eigenvalue weighted by Crippen LogP contribution is 2.14. The highest BCUT2D eigenvalue weighted by Gasteiger charge is 2.03. The number of anilines is 1. The summed E-state index contributed by atoms with van der Waals surface area (Å²) in [5.41, 5.74) is 8.94. The molecule has 0 saturated heterocycles. The number of nitrogens with zero attached hydrogens (tertiary/aromatic N) is 1. The number of nitrogens with two attached hydrogens (primary N) is 1. The van der Waals surface area contributed by atoms with Crippen LogP contribution in [0.4, 0.5) is 14.5 Å². The van der Waals surface area contributed by atoms with Crippen molar-refractivity contribution in [2.75, 3.05) is 5.32 Å². The summed E-state index contributed by atoms with van der Waals surface area (Å²) in [7, 11) is 0. The van der Waals surface area contributed by atoms with Crippen molar-refractivity contribution in [3.05, 3.63) is 64.7 Å². The zero-order valence-corrected chi connectivity index (χ0v) is 12.0. The van der Waals surface area contributed by atoms with Gasteiger partial charge in [0.2, 0.25) is 0 Å². The van der Waals surface area contributed by atoms with Crippen molar-refractivity contribution in [1.29, 1.82) is 0 Å². The van der Waals surface area contributed by atoms with Gasteiger partial charge >= 0.3 is 0 Å². The summed E-state index contributed by atoms with van der Waals surface area (Å²) in [5.74, 6) is -0.842. The summed E-state index contributed by atoms with van der Waals surface area (Å²) in [6.45, 7) is 3.94. The Hall–Kier alpha value is -2.43. The Kier molecular flexibility index (Phi) is 4.52. The van der Waals surface area contributed by atoms with Crippen molar-refractivity contribution in [2.45, 2.75) is 20.4 Å². The minimum absolute atomic E-state index is 0.0206. The van der Waals surface area contributed by atoms with Gasteiger partial charge in [0, 0.05) is 11.3 Å². The van der Waals surface area contributed by atoms with Crippen LogP contribution in [0.3, 0.4) is 0 Å². The molecule has 0 aliphatic rings. The van der Waals surface area contributed by atoms with Gasteiger partial charge in [0.05, 0.1) is 6.54 Å². The number of aliphatic imine (C=N–C) groups is 1. The Morgan fingerprint density at radius 1 is 1.10 bits per heavy atom. The number of guanidine groups is 1. The van der Waals surface area contributed by atoms with E-state index in [9.17, 15) is 8.78 Å². The summed E-state index contributed by atoms with van der Waals surface area (Å²) < 4.78 is 26.5. The van der Waals surface area contributed by atoms with Crippen molar-refractivity contribution in [3.63, 3.8) is 0 Å². The van der Waals surface area contributed by atoms with Crippen LogP contribution in [0.15, 0.2) is 41.4 Å². The summed E-state index contributed by atoms with van der Waals surface area (Å²) in [5, 5.41) is 2.94.